The molecule has 1 aliphatic rings. The number of carbonyl (C=O) groups is 2. The predicted octanol–water partition coefficient (Wildman–Crippen LogP) is 7.64. The van der Waals surface area contributed by atoms with Crippen LogP contribution in [0.2, 0.25) is 0 Å². The van der Waals surface area contributed by atoms with Crippen LogP contribution in [-0.4, -0.2) is 17.4 Å². The Morgan fingerprint density at radius 3 is 2.25 bits per heavy atom. The number of Topliss-reactive ketones (excluding diaryl/α,β-unsaturated/α-hetero) is 1. The van der Waals surface area contributed by atoms with Crippen molar-refractivity contribution in [2.45, 2.75) is 11.3 Å². The molecule has 36 heavy (non-hydrogen) atoms. The highest BCUT2D eigenvalue weighted by atomic mass is 32.2. The van der Waals surface area contributed by atoms with E-state index < -0.39 is 0 Å². The molecule has 5 aromatic rings. The van der Waals surface area contributed by atoms with Crippen molar-refractivity contribution in [3.05, 3.63) is 131 Å². The van der Waals surface area contributed by atoms with E-state index >= 15 is 0 Å². The predicted molar refractivity (Wildman–Crippen MR) is 148 cm³/mol. The molecule has 174 valence electrons. The Hall–Kier alpha value is -4.15. The van der Waals surface area contributed by atoms with E-state index in [9.17, 15) is 9.59 Å². The SMILES string of the molecule is O=C(CSc1ccc(NC(=O)c2ccc3ccccc3c2)cc1)c1ccc2c(c1)Cc1ccccc1-2. The molecule has 0 saturated heterocycles. The van der Waals surface area contributed by atoms with Gasteiger partial charge in [0.15, 0.2) is 5.78 Å². The van der Waals surface area contributed by atoms with Crippen molar-refractivity contribution in [1.29, 1.82) is 0 Å². The van der Waals surface area contributed by atoms with Crippen LogP contribution in [0.3, 0.4) is 0 Å². The molecule has 4 heteroatoms. The van der Waals surface area contributed by atoms with E-state index in [1.54, 1.807) is 0 Å². The van der Waals surface area contributed by atoms with Crippen LogP contribution in [0.15, 0.2) is 114 Å². The van der Waals surface area contributed by atoms with Gasteiger partial charge in [-0.15, -0.1) is 11.8 Å². The van der Waals surface area contributed by atoms with Gasteiger partial charge in [0.1, 0.15) is 0 Å². The molecule has 3 nitrogen and oxygen atoms in total. The Kier molecular flexibility index (Phi) is 5.88. The van der Waals surface area contributed by atoms with Crippen molar-refractivity contribution >= 4 is 39.9 Å². The summed E-state index contributed by atoms with van der Waals surface area (Å²) in [6, 6.07) is 35.8. The minimum Gasteiger partial charge on any atom is -0.322 e. The number of amides is 1. The van der Waals surface area contributed by atoms with E-state index in [4.69, 9.17) is 0 Å². The maximum Gasteiger partial charge on any atom is 0.255 e. The van der Waals surface area contributed by atoms with Crippen LogP contribution in [0.1, 0.15) is 31.8 Å². The molecule has 0 spiro atoms. The molecule has 1 aliphatic carbocycles. The Bertz CT molecular complexity index is 1620. The standard InChI is InChI=1S/C32H23NO2S/c34-31(24-11-16-30-26(19-24)18-23-7-3-4-8-29(23)30)20-36-28-14-12-27(13-15-28)33-32(35)25-10-9-21-5-1-2-6-22(21)17-25/h1-17,19H,18,20H2,(H,33,35). The summed E-state index contributed by atoms with van der Waals surface area (Å²) in [5.41, 5.74) is 7.15. The highest BCUT2D eigenvalue weighted by Crippen LogP contribution is 2.37. The minimum absolute atomic E-state index is 0.118. The van der Waals surface area contributed by atoms with Gasteiger partial charge in [0.05, 0.1) is 5.75 Å². The molecular formula is C32H23NO2S. The maximum atomic E-state index is 12.9. The molecule has 6 rings (SSSR count). The Morgan fingerprint density at radius 1 is 0.667 bits per heavy atom. The molecule has 0 aliphatic heterocycles. The van der Waals surface area contributed by atoms with Gasteiger partial charge in [0, 0.05) is 21.7 Å². The number of thioether (sulfide) groups is 1. The first kappa shape index (κ1) is 22.3. The summed E-state index contributed by atoms with van der Waals surface area (Å²) in [6.45, 7) is 0. The maximum absolute atomic E-state index is 12.9. The van der Waals surface area contributed by atoms with E-state index in [1.165, 1.54) is 34.0 Å². The number of carbonyl (C=O) groups excluding carboxylic acids is 2. The molecular weight excluding hydrogens is 462 g/mol. The Labute approximate surface area is 214 Å². The summed E-state index contributed by atoms with van der Waals surface area (Å²) < 4.78 is 0. The van der Waals surface area contributed by atoms with Crippen molar-refractivity contribution in [3.63, 3.8) is 0 Å². The van der Waals surface area contributed by atoms with Crippen molar-refractivity contribution in [1.82, 2.24) is 0 Å². The zero-order chi connectivity index (χ0) is 24.5. The number of fused-ring (bicyclic) bond motifs is 4. The first-order valence-corrected chi connectivity index (χ1v) is 12.9. The normalized spacial score (nSPS) is 11.7. The van der Waals surface area contributed by atoms with Crippen LogP contribution in [0, 0.1) is 0 Å². The third-order valence-corrected chi connectivity index (χ3v) is 7.62. The Balaban J connectivity index is 1.07. The fourth-order valence-electron chi connectivity index (χ4n) is 4.72. The van der Waals surface area contributed by atoms with Gasteiger partial charge in [-0.3, -0.25) is 9.59 Å². The first-order chi connectivity index (χ1) is 17.6. The number of anilines is 1. The van der Waals surface area contributed by atoms with Crippen LogP contribution in [-0.2, 0) is 6.42 Å². The van der Waals surface area contributed by atoms with Gasteiger partial charge in [-0.1, -0.05) is 66.7 Å². The molecule has 0 unspecified atom stereocenters. The van der Waals surface area contributed by atoms with Gasteiger partial charge in [-0.2, -0.15) is 0 Å². The zero-order valence-electron chi connectivity index (χ0n) is 19.5. The highest BCUT2D eigenvalue weighted by molar-refractivity contribution is 8.00. The third-order valence-electron chi connectivity index (χ3n) is 6.61. The average molecular weight is 486 g/mol. The van der Waals surface area contributed by atoms with Gasteiger partial charge in [0.2, 0.25) is 0 Å². The van der Waals surface area contributed by atoms with E-state index in [0.717, 1.165) is 33.3 Å². The molecule has 1 N–H and O–H groups in total. The second kappa shape index (κ2) is 9.48. The van der Waals surface area contributed by atoms with Crippen LogP contribution in [0.4, 0.5) is 5.69 Å². The molecule has 0 aromatic heterocycles. The molecule has 0 atom stereocenters. The minimum atomic E-state index is -0.143. The smallest absolute Gasteiger partial charge is 0.255 e. The molecule has 0 radical (unpaired) electrons. The summed E-state index contributed by atoms with van der Waals surface area (Å²) in [5.74, 6) is 0.344. The molecule has 0 heterocycles. The topological polar surface area (TPSA) is 46.2 Å². The summed E-state index contributed by atoms with van der Waals surface area (Å²) in [7, 11) is 0. The van der Waals surface area contributed by atoms with E-state index in [0.29, 0.717) is 11.3 Å². The molecule has 0 fully saturated rings. The number of hydrogen-bond acceptors (Lipinski definition) is 3. The van der Waals surface area contributed by atoms with E-state index in [2.05, 4.69) is 35.6 Å². The van der Waals surface area contributed by atoms with Crippen molar-refractivity contribution in [2.24, 2.45) is 0 Å². The summed E-state index contributed by atoms with van der Waals surface area (Å²) in [4.78, 5) is 26.6. The quantitative estimate of drug-likeness (QED) is 0.195. The van der Waals surface area contributed by atoms with E-state index in [-0.39, 0.29) is 11.7 Å². The number of benzene rings is 5. The van der Waals surface area contributed by atoms with Gasteiger partial charge in [-0.25, -0.2) is 0 Å². The number of ketones is 1. The monoisotopic (exact) mass is 485 g/mol. The van der Waals surface area contributed by atoms with Crippen molar-refractivity contribution in [2.75, 3.05) is 11.1 Å². The van der Waals surface area contributed by atoms with Gasteiger partial charge < -0.3 is 5.32 Å². The van der Waals surface area contributed by atoms with Crippen LogP contribution in [0.5, 0.6) is 0 Å². The fraction of sp³-hybridized carbons (Fsp3) is 0.0625. The van der Waals surface area contributed by atoms with Crippen LogP contribution < -0.4 is 5.32 Å². The van der Waals surface area contributed by atoms with Crippen molar-refractivity contribution < 1.29 is 9.59 Å². The Morgan fingerprint density at radius 2 is 1.39 bits per heavy atom. The third kappa shape index (κ3) is 4.43. The lowest BCUT2D eigenvalue weighted by Crippen LogP contribution is -2.11. The lowest BCUT2D eigenvalue weighted by molar-refractivity contribution is 0.101. The fourth-order valence-corrected chi connectivity index (χ4v) is 5.51. The summed E-state index contributed by atoms with van der Waals surface area (Å²) in [5, 5.41) is 5.10. The lowest BCUT2D eigenvalue weighted by Gasteiger charge is -2.08. The number of hydrogen-bond donors (Lipinski definition) is 1. The second-order valence-electron chi connectivity index (χ2n) is 8.96. The molecule has 0 saturated carbocycles. The van der Waals surface area contributed by atoms with Crippen molar-refractivity contribution in [3.8, 4) is 11.1 Å². The van der Waals surface area contributed by atoms with Gasteiger partial charge in [-0.05, 0) is 81.9 Å². The first-order valence-electron chi connectivity index (χ1n) is 11.9. The number of nitrogens with one attached hydrogen (secondary N) is 1. The van der Waals surface area contributed by atoms with E-state index in [1.807, 2.05) is 78.9 Å². The van der Waals surface area contributed by atoms with Crippen LogP contribution in [0.25, 0.3) is 21.9 Å². The highest BCUT2D eigenvalue weighted by Gasteiger charge is 2.19. The van der Waals surface area contributed by atoms with Gasteiger partial charge in [0.25, 0.3) is 5.91 Å². The second-order valence-corrected chi connectivity index (χ2v) is 10.0. The lowest BCUT2D eigenvalue weighted by atomic mass is 10.0. The molecule has 0 bridgehead atoms. The largest absolute Gasteiger partial charge is 0.322 e. The average Bonchev–Trinajstić information content (AvgIpc) is 3.30. The van der Waals surface area contributed by atoms with Gasteiger partial charge >= 0.3 is 0 Å². The number of rotatable bonds is 6. The molecule has 1 amide bonds. The summed E-state index contributed by atoms with van der Waals surface area (Å²) >= 11 is 1.51. The van der Waals surface area contributed by atoms with Crippen LogP contribution >= 0.6 is 11.8 Å². The zero-order valence-corrected chi connectivity index (χ0v) is 20.3. The molecule has 5 aromatic carbocycles. The summed E-state index contributed by atoms with van der Waals surface area (Å²) in [6.07, 6.45) is 0.881.